The predicted octanol–water partition coefficient (Wildman–Crippen LogP) is 3.45. The van der Waals surface area contributed by atoms with Crippen LogP contribution in [0.5, 0.6) is 0 Å². The van der Waals surface area contributed by atoms with Crippen molar-refractivity contribution in [3.8, 4) is 0 Å². The van der Waals surface area contributed by atoms with Crippen LogP contribution in [0.2, 0.25) is 0 Å². The Morgan fingerprint density at radius 2 is 1.44 bits per heavy atom. The maximum absolute atomic E-state index is 2.47. The zero-order valence-electron chi connectivity index (χ0n) is 8.64. The van der Waals surface area contributed by atoms with Crippen LogP contribution in [0.1, 0.15) is 5.56 Å². The SMILES string of the molecule is I/C(=C/c1ccccc1)[Te]c1ccccc1. The Kier molecular flexibility index (Phi) is 4.90. The monoisotopic (exact) mass is 436 g/mol. The second-order valence-corrected chi connectivity index (χ2v) is 9.89. The molecule has 0 radical (unpaired) electrons. The van der Waals surface area contributed by atoms with Crippen LogP contribution in [0, 0.1) is 0 Å². The normalized spacial score (nSPS) is 11.4. The summed E-state index contributed by atoms with van der Waals surface area (Å²) >= 11 is 2.27. The molecule has 0 spiro atoms. The van der Waals surface area contributed by atoms with Gasteiger partial charge in [0.05, 0.1) is 0 Å². The van der Waals surface area contributed by atoms with E-state index in [-0.39, 0.29) is 20.9 Å². The molecule has 0 atom stereocenters. The van der Waals surface area contributed by atoms with Crippen LogP contribution in [-0.2, 0) is 0 Å². The maximum atomic E-state index is 2.47. The van der Waals surface area contributed by atoms with E-state index in [0.717, 1.165) is 0 Å². The Hall–Kier alpha value is -0.300. The standard InChI is InChI=1S/C14H11ITe/c15-14(11-12-7-3-1-4-8-12)16-13-9-5-2-6-10-13/h1-11H/b14-11-. The molecule has 2 rings (SSSR count). The second kappa shape index (κ2) is 6.44. The van der Waals surface area contributed by atoms with Gasteiger partial charge in [0.15, 0.2) is 0 Å². The topological polar surface area (TPSA) is 0 Å². The van der Waals surface area contributed by atoms with Gasteiger partial charge in [0.1, 0.15) is 0 Å². The van der Waals surface area contributed by atoms with Gasteiger partial charge < -0.3 is 0 Å². The van der Waals surface area contributed by atoms with Gasteiger partial charge in [-0.15, -0.1) is 0 Å². The van der Waals surface area contributed by atoms with E-state index >= 15 is 0 Å². The van der Waals surface area contributed by atoms with Crippen LogP contribution in [-0.4, -0.2) is 20.9 Å². The van der Waals surface area contributed by atoms with Gasteiger partial charge in [-0.25, -0.2) is 0 Å². The van der Waals surface area contributed by atoms with Crippen molar-refractivity contribution < 1.29 is 0 Å². The summed E-state index contributed by atoms with van der Waals surface area (Å²) in [6, 6.07) is 21.3. The van der Waals surface area contributed by atoms with E-state index in [2.05, 4.69) is 89.3 Å². The number of rotatable bonds is 3. The van der Waals surface area contributed by atoms with Crippen LogP contribution in [0.4, 0.5) is 0 Å². The van der Waals surface area contributed by atoms with Crippen LogP contribution in [0.25, 0.3) is 6.08 Å². The second-order valence-electron chi connectivity index (χ2n) is 3.27. The summed E-state index contributed by atoms with van der Waals surface area (Å²) in [4.78, 5) is 0. The predicted molar refractivity (Wildman–Crippen MR) is 80.3 cm³/mol. The van der Waals surface area contributed by atoms with Gasteiger partial charge in [-0.2, -0.15) is 0 Å². The van der Waals surface area contributed by atoms with E-state index in [9.17, 15) is 0 Å². The van der Waals surface area contributed by atoms with Gasteiger partial charge in [0.25, 0.3) is 0 Å². The van der Waals surface area contributed by atoms with E-state index in [1.807, 2.05) is 0 Å². The van der Waals surface area contributed by atoms with E-state index in [4.69, 9.17) is 0 Å². The first-order chi connectivity index (χ1) is 7.84. The van der Waals surface area contributed by atoms with Gasteiger partial charge in [-0.1, -0.05) is 0 Å². The summed E-state index contributed by atoms with van der Waals surface area (Å²) in [5.41, 5.74) is 1.30. The van der Waals surface area contributed by atoms with Crippen molar-refractivity contribution in [3.05, 3.63) is 67.9 Å². The fraction of sp³-hybridized carbons (Fsp3) is 0. The summed E-state index contributed by atoms with van der Waals surface area (Å²) in [6.45, 7) is 0. The summed E-state index contributed by atoms with van der Waals surface area (Å²) in [6.07, 6.45) is 2.29. The zero-order valence-corrected chi connectivity index (χ0v) is 13.1. The first kappa shape index (κ1) is 12.2. The molecular formula is C14H11ITe. The molecule has 0 saturated heterocycles. The van der Waals surface area contributed by atoms with Crippen molar-refractivity contribution in [2.75, 3.05) is 0 Å². The van der Waals surface area contributed by atoms with Crippen molar-refractivity contribution in [2.45, 2.75) is 0 Å². The molecule has 0 bridgehead atoms. The first-order valence-corrected chi connectivity index (χ1v) is 8.41. The Morgan fingerprint density at radius 1 is 0.875 bits per heavy atom. The third-order valence-electron chi connectivity index (χ3n) is 2.04. The first-order valence-electron chi connectivity index (χ1n) is 5.00. The minimum atomic E-state index is -0.200. The fourth-order valence-corrected chi connectivity index (χ4v) is 5.41. The summed E-state index contributed by atoms with van der Waals surface area (Å²) in [5.74, 6) is 0. The van der Waals surface area contributed by atoms with Crippen LogP contribution in [0.15, 0.2) is 62.3 Å². The molecule has 0 unspecified atom stereocenters. The number of hydrogen-bond donors (Lipinski definition) is 0. The molecule has 0 aliphatic carbocycles. The molecule has 2 aromatic carbocycles. The number of hydrogen-bond acceptors (Lipinski definition) is 0. The molecule has 0 nitrogen and oxygen atoms in total. The summed E-state index contributed by atoms with van der Waals surface area (Å²) in [7, 11) is 0. The molecule has 0 aliphatic heterocycles. The van der Waals surface area contributed by atoms with E-state index < -0.39 is 0 Å². The van der Waals surface area contributed by atoms with Crippen molar-refractivity contribution >= 4 is 53.2 Å². The molecule has 80 valence electrons. The molecule has 2 heteroatoms. The Morgan fingerprint density at radius 3 is 2.06 bits per heavy atom. The molecule has 0 heterocycles. The quantitative estimate of drug-likeness (QED) is 0.514. The zero-order chi connectivity index (χ0) is 11.2. The molecule has 2 aromatic rings. The van der Waals surface area contributed by atoms with E-state index in [1.165, 1.54) is 10.8 Å². The molecule has 0 aromatic heterocycles. The van der Waals surface area contributed by atoms with Gasteiger partial charge in [-0.05, 0) is 0 Å². The third-order valence-corrected chi connectivity index (χ3v) is 6.17. The van der Waals surface area contributed by atoms with Gasteiger partial charge >= 0.3 is 121 Å². The van der Waals surface area contributed by atoms with E-state index in [0.29, 0.717) is 0 Å². The number of benzene rings is 2. The van der Waals surface area contributed by atoms with Gasteiger partial charge in [0.2, 0.25) is 0 Å². The Balaban J connectivity index is 2.09. The molecule has 0 aliphatic rings. The molecule has 0 N–H and O–H groups in total. The van der Waals surface area contributed by atoms with Gasteiger partial charge in [0, 0.05) is 0 Å². The van der Waals surface area contributed by atoms with Crippen LogP contribution < -0.4 is 3.61 Å². The molecule has 16 heavy (non-hydrogen) atoms. The molecule has 0 fully saturated rings. The summed E-state index contributed by atoms with van der Waals surface area (Å²) in [5, 5.41) is 0. The van der Waals surface area contributed by atoms with Crippen molar-refractivity contribution in [3.63, 3.8) is 0 Å². The van der Waals surface area contributed by atoms with E-state index in [1.54, 1.807) is 0 Å². The Bertz CT molecular complexity index is 463. The molecule has 0 saturated carbocycles. The van der Waals surface area contributed by atoms with Crippen molar-refractivity contribution in [1.29, 1.82) is 0 Å². The van der Waals surface area contributed by atoms with Crippen LogP contribution in [0.3, 0.4) is 0 Å². The number of halogens is 1. The fourth-order valence-electron chi connectivity index (χ4n) is 1.31. The van der Waals surface area contributed by atoms with Crippen LogP contribution >= 0.6 is 22.6 Å². The van der Waals surface area contributed by atoms with Crippen molar-refractivity contribution in [2.24, 2.45) is 0 Å². The van der Waals surface area contributed by atoms with Crippen molar-refractivity contribution in [1.82, 2.24) is 0 Å². The van der Waals surface area contributed by atoms with Gasteiger partial charge in [-0.3, -0.25) is 0 Å². The summed E-state index contributed by atoms with van der Waals surface area (Å²) < 4.78 is 2.98. The average Bonchev–Trinajstić information content (AvgIpc) is 2.31. The third kappa shape index (κ3) is 3.93. The molecule has 0 amide bonds. The average molecular weight is 434 g/mol. The Labute approximate surface area is 120 Å². The minimum absolute atomic E-state index is 0.200. The molecular weight excluding hydrogens is 423 g/mol.